The normalized spacial score (nSPS) is 11.0. The third kappa shape index (κ3) is 3.68. The molecule has 6 heteroatoms. The van der Waals surface area contributed by atoms with Gasteiger partial charge in [0.25, 0.3) is 5.91 Å². The highest BCUT2D eigenvalue weighted by molar-refractivity contribution is 7.22. The molecule has 0 saturated heterocycles. The highest BCUT2D eigenvalue weighted by atomic mass is 35.5. The van der Waals surface area contributed by atoms with E-state index in [0.29, 0.717) is 21.5 Å². The maximum atomic E-state index is 12.4. The molecule has 124 valence electrons. The number of carbonyl (C=O) groups is 1. The van der Waals surface area contributed by atoms with E-state index in [9.17, 15) is 4.79 Å². The summed E-state index contributed by atoms with van der Waals surface area (Å²) in [5.74, 6) is 0.454. The molecule has 0 aliphatic rings. The van der Waals surface area contributed by atoms with Gasteiger partial charge < -0.3 is 4.74 Å². The Morgan fingerprint density at radius 1 is 1.29 bits per heavy atom. The molecule has 2 aromatic carbocycles. The van der Waals surface area contributed by atoms with E-state index < -0.39 is 0 Å². The summed E-state index contributed by atoms with van der Waals surface area (Å²) in [5.41, 5.74) is 2.30. The van der Waals surface area contributed by atoms with Crippen LogP contribution in [0.3, 0.4) is 0 Å². The van der Waals surface area contributed by atoms with Crippen molar-refractivity contribution in [3.63, 3.8) is 0 Å². The first-order chi connectivity index (χ1) is 11.4. The number of ether oxygens (including phenoxy) is 1. The molecule has 0 saturated carbocycles. The van der Waals surface area contributed by atoms with Crippen molar-refractivity contribution < 1.29 is 9.53 Å². The zero-order valence-electron chi connectivity index (χ0n) is 13.6. The second kappa shape index (κ2) is 6.79. The Morgan fingerprint density at radius 2 is 2.08 bits per heavy atom. The Bertz CT molecular complexity index is 866. The number of halogens is 1. The van der Waals surface area contributed by atoms with Crippen LogP contribution in [0.1, 0.15) is 29.8 Å². The summed E-state index contributed by atoms with van der Waals surface area (Å²) in [7, 11) is 0. The fourth-order valence-corrected chi connectivity index (χ4v) is 3.35. The second-order valence-electron chi connectivity index (χ2n) is 5.74. The van der Waals surface area contributed by atoms with E-state index >= 15 is 0 Å². The van der Waals surface area contributed by atoms with Gasteiger partial charge in [0.1, 0.15) is 5.75 Å². The predicted molar refractivity (Wildman–Crippen MR) is 99.5 cm³/mol. The SMILES string of the molecule is Cc1cc2sc(NC(=O)c3cccc(OC(C)C)c3)nc2cc1Cl. The average molecular weight is 361 g/mol. The molecule has 0 fully saturated rings. The summed E-state index contributed by atoms with van der Waals surface area (Å²) in [6.45, 7) is 5.84. The van der Waals surface area contributed by atoms with Gasteiger partial charge in [-0.3, -0.25) is 10.1 Å². The van der Waals surface area contributed by atoms with E-state index in [1.165, 1.54) is 11.3 Å². The van der Waals surface area contributed by atoms with Crippen molar-refractivity contribution >= 4 is 44.2 Å². The van der Waals surface area contributed by atoms with Crippen molar-refractivity contribution in [1.82, 2.24) is 4.98 Å². The fourth-order valence-electron chi connectivity index (χ4n) is 2.26. The van der Waals surface area contributed by atoms with E-state index in [4.69, 9.17) is 16.3 Å². The number of nitrogens with zero attached hydrogens (tertiary/aromatic N) is 1. The van der Waals surface area contributed by atoms with Gasteiger partial charge in [-0.15, -0.1) is 0 Å². The third-order valence-electron chi connectivity index (χ3n) is 3.36. The fraction of sp³-hybridized carbons (Fsp3) is 0.222. The van der Waals surface area contributed by atoms with Crippen LogP contribution in [0.15, 0.2) is 36.4 Å². The molecule has 1 heterocycles. The first-order valence-corrected chi connectivity index (χ1v) is 8.76. The number of anilines is 1. The van der Waals surface area contributed by atoms with Crippen LogP contribution in [-0.4, -0.2) is 17.0 Å². The van der Waals surface area contributed by atoms with Crippen LogP contribution in [0.25, 0.3) is 10.2 Å². The minimum atomic E-state index is -0.217. The van der Waals surface area contributed by atoms with E-state index in [2.05, 4.69) is 10.3 Å². The number of benzene rings is 2. The molecule has 0 unspecified atom stereocenters. The van der Waals surface area contributed by atoms with Gasteiger partial charge in [0.2, 0.25) is 0 Å². The molecule has 0 aliphatic carbocycles. The van der Waals surface area contributed by atoms with E-state index in [1.54, 1.807) is 18.2 Å². The number of fused-ring (bicyclic) bond motifs is 1. The summed E-state index contributed by atoms with van der Waals surface area (Å²) in [6, 6.07) is 10.9. The highest BCUT2D eigenvalue weighted by Gasteiger charge is 2.12. The molecule has 1 aromatic heterocycles. The lowest BCUT2D eigenvalue weighted by molar-refractivity contribution is 0.102. The number of hydrogen-bond donors (Lipinski definition) is 1. The molecule has 1 amide bonds. The standard InChI is InChI=1S/C18H17ClN2O2S/c1-10(2)23-13-6-4-5-12(8-13)17(22)21-18-20-15-9-14(19)11(3)7-16(15)24-18/h4-10H,1-3H3,(H,20,21,22). The van der Waals surface area contributed by atoms with E-state index in [0.717, 1.165) is 15.8 Å². The van der Waals surface area contributed by atoms with Gasteiger partial charge in [-0.2, -0.15) is 0 Å². The zero-order valence-corrected chi connectivity index (χ0v) is 15.2. The number of thiazole rings is 1. The summed E-state index contributed by atoms with van der Waals surface area (Å²) < 4.78 is 6.61. The molecular formula is C18H17ClN2O2S. The van der Waals surface area contributed by atoms with Crippen molar-refractivity contribution in [2.75, 3.05) is 5.32 Å². The molecular weight excluding hydrogens is 344 g/mol. The van der Waals surface area contributed by atoms with Gasteiger partial charge in [0, 0.05) is 10.6 Å². The quantitative estimate of drug-likeness (QED) is 0.687. The van der Waals surface area contributed by atoms with Gasteiger partial charge in [-0.05, 0) is 56.7 Å². The summed E-state index contributed by atoms with van der Waals surface area (Å²) in [4.78, 5) is 16.9. The van der Waals surface area contributed by atoms with Crippen LogP contribution < -0.4 is 10.1 Å². The molecule has 0 bridgehead atoms. The lowest BCUT2D eigenvalue weighted by Crippen LogP contribution is -2.12. The average Bonchev–Trinajstić information content (AvgIpc) is 2.88. The molecule has 4 nitrogen and oxygen atoms in total. The van der Waals surface area contributed by atoms with Gasteiger partial charge in [0.15, 0.2) is 5.13 Å². The molecule has 0 atom stereocenters. The molecule has 0 radical (unpaired) electrons. The van der Waals surface area contributed by atoms with Gasteiger partial charge in [0.05, 0.1) is 16.3 Å². The lowest BCUT2D eigenvalue weighted by atomic mass is 10.2. The number of aromatic nitrogens is 1. The van der Waals surface area contributed by atoms with Gasteiger partial charge >= 0.3 is 0 Å². The molecule has 0 spiro atoms. The Balaban J connectivity index is 1.82. The highest BCUT2D eigenvalue weighted by Crippen LogP contribution is 2.30. The number of amides is 1. The van der Waals surface area contributed by atoms with Crippen LogP contribution in [0.4, 0.5) is 5.13 Å². The molecule has 3 aromatic rings. The first kappa shape index (κ1) is 16.7. The van der Waals surface area contributed by atoms with Crippen molar-refractivity contribution in [3.8, 4) is 5.75 Å². The van der Waals surface area contributed by atoms with Crippen LogP contribution >= 0.6 is 22.9 Å². The Hall–Kier alpha value is -2.11. The largest absolute Gasteiger partial charge is 0.491 e. The van der Waals surface area contributed by atoms with E-state index in [1.807, 2.05) is 39.0 Å². The minimum absolute atomic E-state index is 0.0561. The lowest BCUT2D eigenvalue weighted by Gasteiger charge is -2.10. The number of nitrogens with one attached hydrogen (secondary N) is 1. The van der Waals surface area contributed by atoms with Crippen LogP contribution in [0, 0.1) is 6.92 Å². The van der Waals surface area contributed by atoms with Crippen LogP contribution in [0.2, 0.25) is 5.02 Å². The Labute approximate surface area is 149 Å². The Kier molecular flexibility index (Phi) is 4.73. The Morgan fingerprint density at radius 3 is 2.83 bits per heavy atom. The first-order valence-electron chi connectivity index (χ1n) is 7.57. The van der Waals surface area contributed by atoms with Crippen molar-refractivity contribution in [1.29, 1.82) is 0 Å². The third-order valence-corrected chi connectivity index (χ3v) is 4.70. The maximum Gasteiger partial charge on any atom is 0.257 e. The monoisotopic (exact) mass is 360 g/mol. The number of rotatable bonds is 4. The second-order valence-corrected chi connectivity index (χ2v) is 7.17. The molecule has 0 aliphatic heterocycles. The molecule has 24 heavy (non-hydrogen) atoms. The smallest absolute Gasteiger partial charge is 0.257 e. The molecule has 1 N–H and O–H groups in total. The van der Waals surface area contributed by atoms with Crippen molar-refractivity contribution in [2.24, 2.45) is 0 Å². The van der Waals surface area contributed by atoms with Gasteiger partial charge in [-0.25, -0.2) is 4.98 Å². The van der Waals surface area contributed by atoms with Crippen LogP contribution in [0.5, 0.6) is 5.75 Å². The van der Waals surface area contributed by atoms with E-state index in [-0.39, 0.29) is 12.0 Å². The molecule has 3 rings (SSSR count). The van der Waals surface area contributed by atoms with Gasteiger partial charge in [-0.1, -0.05) is 29.0 Å². The van der Waals surface area contributed by atoms with Crippen LogP contribution in [-0.2, 0) is 0 Å². The number of hydrogen-bond acceptors (Lipinski definition) is 4. The van der Waals surface area contributed by atoms with Crippen molar-refractivity contribution in [3.05, 3.63) is 52.5 Å². The number of aryl methyl sites for hydroxylation is 1. The topological polar surface area (TPSA) is 51.2 Å². The maximum absolute atomic E-state index is 12.4. The number of carbonyl (C=O) groups excluding carboxylic acids is 1. The summed E-state index contributed by atoms with van der Waals surface area (Å²) in [5, 5.41) is 4.06. The summed E-state index contributed by atoms with van der Waals surface area (Å²) >= 11 is 7.55. The zero-order chi connectivity index (χ0) is 17.3. The van der Waals surface area contributed by atoms with Crippen molar-refractivity contribution in [2.45, 2.75) is 26.9 Å². The minimum Gasteiger partial charge on any atom is -0.491 e. The predicted octanol–water partition coefficient (Wildman–Crippen LogP) is 5.30. The summed E-state index contributed by atoms with van der Waals surface area (Å²) in [6.07, 6.45) is 0.0561.